The van der Waals surface area contributed by atoms with E-state index in [4.69, 9.17) is 10.00 Å². The first-order valence-electron chi connectivity index (χ1n) is 5.54. The molecule has 0 atom stereocenters. The molecule has 0 radical (unpaired) electrons. The average Bonchev–Trinajstić information content (AvgIpc) is 2.40. The highest BCUT2D eigenvalue weighted by Gasteiger charge is 2.17. The Labute approximate surface area is 113 Å². The molecule has 2 rings (SSSR count). The molecular formula is C12H12BrN3O2. The maximum Gasteiger partial charge on any atom is 0.322 e. The van der Waals surface area contributed by atoms with E-state index in [1.165, 1.54) is 0 Å². The van der Waals surface area contributed by atoms with Crippen LogP contribution in [0.25, 0.3) is 0 Å². The first kappa shape index (κ1) is 12.9. The molecule has 1 aromatic carbocycles. The lowest BCUT2D eigenvalue weighted by atomic mass is 10.2. The molecule has 1 N–H and O–H groups in total. The Balaban J connectivity index is 2.11. The van der Waals surface area contributed by atoms with Crippen molar-refractivity contribution < 1.29 is 9.53 Å². The minimum absolute atomic E-state index is 0.201. The number of nitriles is 1. The normalized spacial score (nSPS) is 15.0. The molecule has 1 heterocycles. The number of nitrogens with zero attached hydrogens (tertiary/aromatic N) is 2. The predicted molar refractivity (Wildman–Crippen MR) is 70.3 cm³/mol. The Morgan fingerprint density at radius 1 is 1.44 bits per heavy atom. The molecular weight excluding hydrogens is 298 g/mol. The van der Waals surface area contributed by atoms with Gasteiger partial charge in [-0.3, -0.25) is 0 Å². The average molecular weight is 310 g/mol. The van der Waals surface area contributed by atoms with Gasteiger partial charge in [-0.1, -0.05) is 15.9 Å². The summed E-state index contributed by atoms with van der Waals surface area (Å²) in [5.74, 6) is 0. The van der Waals surface area contributed by atoms with E-state index in [1.807, 2.05) is 0 Å². The summed E-state index contributed by atoms with van der Waals surface area (Å²) in [6.45, 7) is 2.25. The van der Waals surface area contributed by atoms with Gasteiger partial charge in [0, 0.05) is 17.6 Å². The summed E-state index contributed by atoms with van der Waals surface area (Å²) in [5, 5.41) is 11.7. The van der Waals surface area contributed by atoms with Crippen LogP contribution < -0.4 is 5.32 Å². The molecule has 5 nitrogen and oxygen atoms in total. The number of carbonyl (C=O) groups is 1. The number of halogens is 1. The lowest BCUT2D eigenvalue weighted by Crippen LogP contribution is -2.43. The number of anilines is 1. The second-order valence-corrected chi connectivity index (χ2v) is 4.75. The van der Waals surface area contributed by atoms with E-state index < -0.39 is 0 Å². The number of morpholine rings is 1. The Kier molecular flexibility index (Phi) is 4.18. The first-order chi connectivity index (χ1) is 8.70. The van der Waals surface area contributed by atoms with Crippen molar-refractivity contribution in [3.05, 3.63) is 28.2 Å². The van der Waals surface area contributed by atoms with Crippen LogP contribution in [0.15, 0.2) is 22.7 Å². The minimum Gasteiger partial charge on any atom is -0.378 e. The lowest BCUT2D eigenvalue weighted by molar-refractivity contribution is 0.0564. The van der Waals surface area contributed by atoms with Crippen molar-refractivity contribution in [2.24, 2.45) is 0 Å². The number of hydrogen-bond acceptors (Lipinski definition) is 3. The highest BCUT2D eigenvalue weighted by Crippen LogP contribution is 2.21. The zero-order valence-electron chi connectivity index (χ0n) is 9.65. The van der Waals surface area contributed by atoms with Crippen molar-refractivity contribution in [3.8, 4) is 6.07 Å². The van der Waals surface area contributed by atoms with Crippen LogP contribution in [0.5, 0.6) is 0 Å². The molecule has 1 saturated heterocycles. The van der Waals surface area contributed by atoms with Gasteiger partial charge >= 0.3 is 6.03 Å². The molecule has 0 aliphatic carbocycles. The Morgan fingerprint density at radius 2 is 2.17 bits per heavy atom. The van der Waals surface area contributed by atoms with Crippen LogP contribution >= 0.6 is 15.9 Å². The maximum atomic E-state index is 12.0. The zero-order chi connectivity index (χ0) is 13.0. The number of hydrogen-bond donors (Lipinski definition) is 1. The molecule has 6 heteroatoms. The molecule has 0 saturated carbocycles. The summed E-state index contributed by atoms with van der Waals surface area (Å²) in [6, 6.07) is 7.00. The summed E-state index contributed by atoms with van der Waals surface area (Å²) in [5.41, 5.74) is 0.961. The molecule has 1 fully saturated rings. The number of urea groups is 1. The van der Waals surface area contributed by atoms with E-state index in [0.29, 0.717) is 37.6 Å². The molecule has 1 aliphatic heterocycles. The fraction of sp³-hybridized carbons (Fsp3) is 0.333. The first-order valence-corrected chi connectivity index (χ1v) is 6.33. The summed E-state index contributed by atoms with van der Waals surface area (Å²) >= 11 is 3.32. The summed E-state index contributed by atoms with van der Waals surface area (Å²) in [7, 11) is 0. The number of benzene rings is 1. The van der Waals surface area contributed by atoms with Crippen molar-refractivity contribution >= 4 is 27.6 Å². The van der Waals surface area contributed by atoms with Gasteiger partial charge < -0.3 is 15.0 Å². The maximum absolute atomic E-state index is 12.0. The molecule has 94 valence electrons. The van der Waals surface area contributed by atoms with Gasteiger partial charge in [-0.25, -0.2) is 4.79 Å². The Morgan fingerprint density at radius 3 is 2.83 bits per heavy atom. The van der Waals surface area contributed by atoms with Crippen LogP contribution in [0.1, 0.15) is 5.56 Å². The lowest BCUT2D eigenvalue weighted by Gasteiger charge is -2.27. The number of amides is 2. The van der Waals surface area contributed by atoms with E-state index >= 15 is 0 Å². The van der Waals surface area contributed by atoms with E-state index in [9.17, 15) is 4.79 Å². The van der Waals surface area contributed by atoms with Crippen LogP contribution in [0.2, 0.25) is 0 Å². The van der Waals surface area contributed by atoms with Gasteiger partial charge in [0.2, 0.25) is 0 Å². The van der Waals surface area contributed by atoms with Gasteiger partial charge in [0.1, 0.15) is 6.07 Å². The quantitative estimate of drug-likeness (QED) is 0.864. The Hall–Kier alpha value is -1.58. The fourth-order valence-corrected chi connectivity index (χ4v) is 2.04. The van der Waals surface area contributed by atoms with Crippen LogP contribution in [0, 0.1) is 11.3 Å². The zero-order valence-corrected chi connectivity index (χ0v) is 11.2. The van der Waals surface area contributed by atoms with E-state index in [1.54, 1.807) is 23.1 Å². The second kappa shape index (κ2) is 5.85. The van der Waals surface area contributed by atoms with Gasteiger partial charge in [-0.15, -0.1) is 0 Å². The minimum atomic E-state index is -0.201. The van der Waals surface area contributed by atoms with Crippen LogP contribution in [-0.4, -0.2) is 37.2 Å². The van der Waals surface area contributed by atoms with Crippen LogP contribution in [0.4, 0.5) is 10.5 Å². The molecule has 0 bridgehead atoms. The summed E-state index contributed by atoms with van der Waals surface area (Å²) in [4.78, 5) is 13.7. The highest BCUT2D eigenvalue weighted by molar-refractivity contribution is 9.10. The fourth-order valence-electron chi connectivity index (χ4n) is 1.68. The number of carbonyl (C=O) groups excluding carboxylic acids is 1. The van der Waals surface area contributed by atoms with Gasteiger partial charge in [0.05, 0.1) is 24.5 Å². The number of ether oxygens (including phenoxy) is 1. The van der Waals surface area contributed by atoms with Crippen molar-refractivity contribution in [1.29, 1.82) is 5.26 Å². The third-order valence-electron chi connectivity index (χ3n) is 2.64. The molecule has 2 amide bonds. The van der Waals surface area contributed by atoms with Crippen LogP contribution in [-0.2, 0) is 4.74 Å². The number of rotatable bonds is 1. The topological polar surface area (TPSA) is 65.4 Å². The summed E-state index contributed by atoms with van der Waals surface area (Å²) in [6.07, 6.45) is 0. The smallest absolute Gasteiger partial charge is 0.322 e. The molecule has 1 aromatic rings. The van der Waals surface area contributed by atoms with Crippen molar-refractivity contribution in [3.63, 3.8) is 0 Å². The molecule has 0 aromatic heterocycles. The van der Waals surface area contributed by atoms with Crippen molar-refractivity contribution in [2.45, 2.75) is 0 Å². The van der Waals surface area contributed by atoms with E-state index in [0.717, 1.165) is 4.47 Å². The number of nitrogens with one attached hydrogen (secondary N) is 1. The van der Waals surface area contributed by atoms with E-state index in [-0.39, 0.29) is 6.03 Å². The van der Waals surface area contributed by atoms with Crippen molar-refractivity contribution in [1.82, 2.24) is 4.90 Å². The largest absolute Gasteiger partial charge is 0.378 e. The van der Waals surface area contributed by atoms with Gasteiger partial charge in [0.15, 0.2) is 0 Å². The second-order valence-electron chi connectivity index (χ2n) is 3.83. The monoisotopic (exact) mass is 309 g/mol. The Bertz CT molecular complexity index is 493. The van der Waals surface area contributed by atoms with Crippen molar-refractivity contribution in [2.75, 3.05) is 31.6 Å². The SMILES string of the molecule is N#Cc1ccc(Br)cc1NC(=O)N1CCOCC1. The summed E-state index contributed by atoms with van der Waals surface area (Å²) < 4.78 is 6.00. The standard InChI is InChI=1S/C12H12BrN3O2/c13-10-2-1-9(8-14)11(7-10)15-12(17)16-3-5-18-6-4-16/h1-2,7H,3-6H2,(H,15,17). The van der Waals surface area contributed by atoms with Crippen LogP contribution in [0.3, 0.4) is 0 Å². The van der Waals surface area contributed by atoms with Gasteiger partial charge in [-0.2, -0.15) is 5.26 Å². The predicted octanol–water partition coefficient (Wildman–Crippen LogP) is 2.18. The molecule has 1 aliphatic rings. The molecule has 0 unspecified atom stereocenters. The highest BCUT2D eigenvalue weighted by atomic mass is 79.9. The third kappa shape index (κ3) is 3.00. The van der Waals surface area contributed by atoms with Gasteiger partial charge in [-0.05, 0) is 18.2 Å². The van der Waals surface area contributed by atoms with E-state index in [2.05, 4.69) is 27.3 Å². The van der Waals surface area contributed by atoms with Gasteiger partial charge in [0.25, 0.3) is 0 Å². The third-order valence-corrected chi connectivity index (χ3v) is 3.14. The molecule has 18 heavy (non-hydrogen) atoms. The molecule has 0 spiro atoms.